The van der Waals surface area contributed by atoms with E-state index in [4.69, 9.17) is 0 Å². The molecule has 3 amide bonds. The van der Waals surface area contributed by atoms with Gasteiger partial charge < -0.3 is 0 Å². The number of nitrogens with one attached hydrogen (secondary N) is 1. The van der Waals surface area contributed by atoms with Gasteiger partial charge in [-0.25, -0.2) is 9.78 Å². The minimum absolute atomic E-state index is 0.269. The summed E-state index contributed by atoms with van der Waals surface area (Å²) in [5, 5.41) is 2.26. The number of hydrogen-bond donors (Lipinski definition) is 1. The normalized spacial score (nSPS) is 15.7. The Labute approximate surface area is 107 Å². The highest BCUT2D eigenvalue weighted by atomic mass is 16.2. The van der Waals surface area contributed by atoms with Crippen molar-refractivity contribution < 1.29 is 14.4 Å². The largest absolute Gasteiger partial charge is 0.328 e. The van der Waals surface area contributed by atoms with E-state index in [1.165, 1.54) is 4.90 Å². The number of amides is 3. The van der Waals surface area contributed by atoms with E-state index < -0.39 is 6.03 Å². The second-order valence-electron chi connectivity index (χ2n) is 4.17. The molecule has 0 aromatic carbocycles. The third-order valence-electron chi connectivity index (χ3n) is 3.02. The molecular formula is C12H10N4O3. The van der Waals surface area contributed by atoms with Gasteiger partial charge in [0.1, 0.15) is 0 Å². The van der Waals surface area contributed by atoms with Gasteiger partial charge in [0.05, 0.1) is 11.7 Å². The Bertz CT molecular complexity index is 691. The number of fused-ring (bicyclic) bond motifs is 1. The number of rotatable bonds is 2. The van der Waals surface area contributed by atoms with Gasteiger partial charge in [0.25, 0.3) is 0 Å². The van der Waals surface area contributed by atoms with Crippen LogP contribution in [0.2, 0.25) is 0 Å². The summed E-state index contributed by atoms with van der Waals surface area (Å²) in [6.45, 7) is 0.343. The van der Waals surface area contributed by atoms with Gasteiger partial charge in [-0.05, 0) is 12.1 Å². The van der Waals surface area contributed by atoms with Crippen molar-refractivity contribution in [1.29, 1.82) is 0 Å². The maximum atomic E-state index is 11.7. The zero-order valence-corrected chi connectivity index (χ0v) is 9.87. The third kappa shape index (κ3) is 1.85. The first-order valence-electron chi connectivity index (χ1n) is 5.72. The molecular weight excluding hydrogens is 248 g/mol. The summed E-state index contributed by atoms with van der Waals surface area (Å²) in [5.74, 6) is 0.0368. The average molecular weight is 258 g/mol. The first-order chi connectivity index (χ1) is 9.19. The number of carbonyl (C=O) groups is 3. The molecule has 1 aliphatic heterocycles. The van der Waals surface area contributed by atoms with Crippen molar-refractivity contribution in [3.63, 3.8) is 0 Å². The Morgan fingerprint density at radius 2 is 2.21 bits per heavy atom. The standard InChI is InChI=1S/C12H10N4O3/c17-7-10-13-6-9-5-8(1-3-15(9)10)16-4-2-11(18)14-12(16)19/h1,3,5-7H,2,4H2,(H,14,18,19). The van der Waals surface area contributed by atoms with Crippen LogP contribution < -0.4 is 10.2 Å². The zero-order valence-electron chi connectivity index (χ0n) is 9.87. The van der Waals surface area contributed by atoms with E-state index in [1.807, 2.05) is 0 Å². The number of pyridine rings is 1. The second-order valence-corrected chi connectivity index (χ2v) is 4.17. The maximum absolute atomic E-state index is 11.7. The lowest BCUT2D eigenvalue weighted by Crippen LogP contribution is -2.49. The number of anilines is 1. The number of imidazole rings is 1. The minimum Gasteiger partial charge on any atom is -0.297 e. The predicted molar refractivity (Wildman–Crippen MR) is 66.1 cm³/mol. The molecule has 96 valence electrons. The Morgan fingerprint density at radius 3 is 2.95 bits per heavy atom. The van der Waals surface area contributed by atoms with Gasteiger partial charge in [0, 0.05) is 24.8 Å². The first kappa shape index (κ1) is 11.4. The van der Waals surface area contributed by atoms with Gasteiger partial charge in [-0.15, -0.1) is 0 Å². The fraction of sp³-hybridized carbons (Fsp3) is 0.167. The van der Waals surface area contributed by atoms with E-state index in [2.05, 4.69) is 10.3 Å². The summed E-state index contributed by atoms with van der Waals surface area (Å²) in [6.07, 6.45) is 4.17. The van der Waals surface area contributed by atoms with E-state index in [1.54, 1.807) is 28.9 Å². The molecule has 0 aliphatic carbocycles. The van der Waals surface area contributed by atoms with Crippen molar-refractivity contribution in [2.75, 3.05) is 11.4 Å². The predicted octanol–water partition coefficient (Wildman–Crippen LogP) is 0.593. The van der Waals surface area contributed by atoms with Crippen LogP contribution in [0.15, 0.2) is 24.5 Å². The molecule has 1 aliphatic rings. The lowest BCUT2D eigenvalue weighted by atomic mass is 10.2. The first-order valence-corrected chi connectivity index (χ1v) is 5.72. The van der Waals surface area contributed by atoms with E-state index in [0.29, 0.717) is 29.9 Å². The summed E-state index contributed by atoms with van der Waals surface area (Å²) >= 11 is 0. The van der Waals surface area contributed by atoms with Crippen LogP contribution in [-0.2, 0) is 4.79 Å². The molecule has 7 heteroatoms. The van der Waals surface area contributed by atoms with Crippen LogP contribution in [0.3, 0.4) is 0 Å². The number of aromatic nitrogens is 2. The number of aldehydes is 1. The summed E-state index contributed by atoms with van der Waals surface area (Å²) in [5.41, 5.74) is 1.37. The molecule has 2 aromatic heterocycles. The lowest BCUT2D eigenvalue weighted by molar-refractivity contribution is -0.120. The molecule has 1 N–H and O–H groups in total. The molecule has 2 aromatic rings. The van der Waals surface area contributed by atoms with Crippen molar-refractivity contribution in [1.82, 2.24) is 14.7 Å². The van der Waals surface area contributed by atoms with E-state index in [9.17, 15) is 14.4 Å². The SMILES string of the molecule is O=Cc1ncc2cc(N3CCC(=O)NC3=O)ccn12. The summed E-state index contributed by atoms with van der Waals surface area (Å²) in [6, 6.07) is 3.02. The molecule has 0 radical (unpaired) electrons. The Hall–Kier alpha value is -2.70. The zero-order chi connectivity index (χ0) is 13.4. The van der Waals surface area contributed by atoms with Crippen LogP contribution in [0.1, 0.15) is 17.0 Å². The van der Waals surface area contributed by atoms with Crippen molar-refractivity contribution in [2.24, 2.45) is 0 Å². The summed E-state index contributed by atoms with van der Waals surface area (Å²) < 4.78 is 1.63. The fourth-order valence-corrected chi connectivity index (χ4v) is 2.07. The highest BCUT2D eigenvalue weighted by molar-refractivity contribution is 6.05. The van der Waals surface area contributed by atoms with Gasteiger partial charge in [0.15, 0.2) is 12.1 Å². The molecule has 0 atom stereocenters. The van der Waals surface area contributed by atoms with Gasteiger partial charge in [-0.2, -0.15) is 0 Å². The molecule has 1 saturated heterocycles. The van der Waals surface area contributed by atoms with Crippen molar-refractivity contribution in [3.8, 4) is 0 Å². The van der Waals surface area contributed by atoms with E-state index in [0.717, 1.165) is 0 Å². The van der Waals surface area contributed by atoms with Crippen LogP contribution >= 0.6 is 0 Å². The molecule has 3 heterocycles. The molecule has 1 fully saturated rings. The Balaban J connectivity index is 1.99. The third-order valence-corrected chi connectivity index (χ3v) is 3.02. The van der Waals surface area contributed by atoms with Gasteiger partial charge in [-0.1, -0.05) is 0 Å². The van der Waals surface area contributed by atoms with E-state index >= 15 is 0 Å². The van der Waals surface area contributed by atoms with Crippen molar-refractivity contribution in [3.05, 3.63) is 30.4 Å². The second kappa shape index (κ2) is 4.20. The number of carbonyl (C=O) groups excluding carboxylic acids is 3. The van der Waals surface area contributed by atoms with Crippen molar-refractivity contribution in [2.45, 2.75) is 6.42 Å². The highest BCUT2D eigenvalue weighted by Crippen LogP contribution is 2.19. The average Bonchev–Trinajstić information content (AvgIpc) is 2.80. The summed E-state index contributed by atoms with van der Waals surface area (Å²) in [7, 11) is 0. The molecule has 7 nitrogen and oxygen atoms in total. The highest BCUT2D eigenvalue weighted by Gasteiger charge is 2.24. The summed E-state index contributed by atoms with van der Waals surface area (Å²) in [4.78, 5) is 39.0. The van der Waals surface area contributed by atoms with Crippen LogP contribution in [0, 0.1) is 0 Å². The molecule has 0 spiro atoms. The van der Waals surface area contributed by atoms with Crippen LogP contribution in [0.25, 0.3) is 5.52 Å². The van der Waals surface area contributed by atoms with Crippen LogP contribution in [-0.4, -0.2) is 34.2 Å². The van der Waals surface area contributed by atoms with Crippen molar-refractivity contribution >= 4 is 29.4 Å². The Morgan fingerprint density at radius 1 is 1.37 bits per heavy atom. The van der Waals surface area contributed by atoms with Crippen LogP contribution in [0.5, 0.6) is 0 Å². The number of hydrogen-bond acceptors (Lipinski definition) is 4. The van der Waals surface area contributed by atoms with Gasteiger partial charge in [-0.3, -0.25) is 24.2 Å². The molecule has 0 bridgehead atoms. The topological polar surface area (TPSA) is 83.8 Å². The van der Waals surface area contributed by atoms with E-state index in [-0.39, 0.29) is 12.3 Å². The smallest absolute Gasteiger partial charge is 0.297 e. The monoisotopic (exact) mass is 258 g/mol. The van der Waals surface area contributed by atoms with Crippen LogP contribution in [0.4, 0.5) is 10.5 Å². The number of urea groups is 1. The van der Waals surface area contributed by atoms with Gasteiger partial charge >= 0.3 is 6.03 Å². The molecule has 3 rings (SSSR count). The number of nitrogens with zero attached hydrogens (tertiary/aromatic N) is 3. The number of imide groups is 1. The molecule has 19 heavy (non-hydrogen) atoms. The lowest BCUT2D eigenvalue weighted by Gasteiger charge is -2.26. The quantitative estimate of drug-likeness (QED) is 0.799. The maximum Gasteiger partial charge on any atom is 0.328 e. The minimum atomic E-state index is -0.435. The fourth-order valence-electron chi connectivity index (χ4n) is 2.07. The Kier molecular flexibility index (Phi) is 2.52. The van der Waals surface area contributed by atoms with Gasteiger partial charge in [0.2, 0.25) is 5.91 Å². The molecule has 0 saturated carbocycles. The molecule has 0 unspecified atom stereocenters.